The average Bonchev–Trinajstić information content (AvgIpc) is 2.58. The number of para-hydroxylation sites is 1. The van der Waals surface area contributed by atoms with Crippen LogP contribution in [-0.4, -0.2) is 30.9 Å². The van der Waals surface area contributed by atoms with Gasteiger partial charge in [0.15, 0.2) is 11.5 Å². The van der Waals surface area contributed by atoms with Crippen molar-refractivity contribution in [2.75, 3.05) is 19.0 Å². The summed E-state index contributed by atoms with van der Waals surface area (Å²) in [4.78, 5) is 11.8. The SMILES string of the molecule is COc1cccc(/C=N\NC(=O)CNc2cccc(Cl)c2C)c1O. The molecule has 0 aromatic heterocycles. The Morgan fingerprint density at radius 3 is 2.83 bits per heavy atom. The van der Waals surface area contributed by atoms with E-state index in [-0.39, 0.29) is 18.2 Å². The molecule has 0 atom stereocenters. The van der Waals surface area contributed by atoms with Gasteiger partial charge < -0.3 is 15.2 Å². The number of methoxy groups -OCH3 is 1. The quantitative estimate of drug-likeness (QED) is 0.554. The van der Waals surface area contributed by atoms with Crippen LogP contribution in [0.2, 0.25) is 5.02 Å². The van der Waals surface area contributed by atoms with Crippen LogP contribution in [0, 0.1) is 6.92 Å². The Balaban J connectivity index is 1.90. The molecular weight excluding hydrogens is 330 g/mol. The third-order valence-electron chi connectivity index (χ3n) is 3.35. The number of nitrogens with one attached hydrogen (secondary N) is 2. The normalized spacial score (nSPS) is 10.6. The molecular formula is C17H18ClN3O3. The van der Waals surface area contributed by atoms with Crippen molar-refractivity contribution in [3.63, 3.8) is 0 Å². The number of anilines is 1. The van der Waals surface area contributed by atoms with E-state index >= 15 is 0 Å². The number of benzene rings is 2. The van der Waals surface area contributed by atoms with Gasteiger partial charge in [-0.3, -0.25) is 4.79 Å². The van der Waals surface area contributed by atoms with E-state index in [9.17, 15) is 9.90 Å². The first kappa shape index (κ1) is 17.6. The maximum atomic E-state index is 11.8. The van der Waals surface area contributed by atoms with Crippen molar-refractivity contribution < 1.29 is 14.6 Å². The van der Waals surface area contributed by atoms with Gasteiger partial charge in [0, 0.05) is 16.3 Å². The highest BCUT2D eigenvalue weighted by molar-refractivity contribution is 6.31. The van der Waals surface area contributed by atoms with Gasteiger partial charge in [-0.1, -0.05) is 23.7 Å². The Labute approximate surface area is 145 Å². The molecule has 2 aromatic rings. The number of carbonyl (C=O) groups excluding carboxylic acids is 1. The average molecular weight is 348 g/mol. The minimum atomic E-state index is -0.326. The summed E-state index contributed by atoms with van der Waals surface area (Å²) in [5.41, 5.74) is 4.48. The summed E-state index contributed by atoms with van der Waals surface area (Å²) in [5, 5.41) is 17.4. The van der Waals surface area contributed by atoms with Crippen molar-refractivity contribution in [1.82, 2.24) is 5.43 Å². The largest absolute Gasteiger partial charge is 0.504 e. The van der Waals surface area contributed by atoms with E-state index in [1.807, 2.05) is 13.0 Å². The lowest BCUT2D eigenvalue weighted by atomic mass is 10.2. The van der Waals surface area contributed by atoms with E-state index in [0.717, 1.165) is 11.3 Å². The van der Waals surface area contributed by atoms with Crippen LogP contribution >= 0.6 is 11.6 Å². The fourth-order valence-corrected chi connectivity index (χ4v) is 2.17. The molecule has 0 radical (unpaired) electrons. The molecule has 6 nitrogen and oxygen atoms in total. The molecule has 7 heteroatoms. The summed E-state index contributed by atoms with van der Waals surface area (Å²) in [6.07, 6.45) is 1.35. The number of nitrogens with zero attached hydrogens (tertiary/aromatic N) is 1. The number of halogens is 1. The van der Waals surface area contributed by atoms with Gasteiger partial charge in [0.25, 0.3) is 5.91 Å². The summed E-state index contributed by atoms with van der Waals surface area (Å²) < 4.78 is 5.00. The molecule has 0 aliphatic rings. The molecule has 3 N–H and O–H groups in total. The van der Waals surface area contributed by atoms with E-state index in [2.05, 4.69) is 15.8 Å². The molecule has 0 unspecified atom stereocenters. The summed E-state index contributed by atoms with van der Waals surface area (Å²) in [6.45, 7) is 1.91. The second-order valence-corrected chi connectivity index (χ2v) is 5.36. The maximum Gasteiger partial charge on any atom is 0.259 e. The van der Waals surface area contributed by atoms with E-state index < -0.39 is 0 Å². The van der Waals surface area contributed by atoms with Crippen LogP contribution in [0.1, 0.15) is 11.1 Å². The lowest BCUT2D eigenvalue weighted by molar-refractivity contribution is -0.119. The Bertz CT molecular complexity index is 763. The molecule has 1 amide bonds. The van der Waals surface area contributed by atoms with E-state index in [1.165, 1.54) is 13.3 Å². The second kappa shape index (κ2) is 8.21. The summed E-state index contributed by atoms with van der Waals surface area (Å²) in [7, 11) is 1.46. The van der Waals surface area contributed by atoms with Crippen molar-refractivity contribution in [3.8, 4) is 11.5 Å². The van der Waals surface area contributed by atoms with Crippen LogP contribution < -0.4 is 15.5 Å². The minimum absolute atomic E-state index is 0.0364. The third-order valence-corrected chi connectivity index (χ3v) is 3.76. The Hall–Kier alpha value is -2.73. The Kier molecular flexibility index (Phi) is 6.03. The molecule has 0 aliphatic heterocycles. The topological polar surface area (TPSA) is 83.0 Å². The molecule has 0 aliphatic carbocycles. The van der Waals surface area contributed by atoms with Gasteiger partial charge in [-0.2, -0.15) is 5.10 Å². The summed E-state index contributed by atoms with van der Waals surface area (Å²) >= 11 is 6.02. The monoisotopic (exact) mass is 347 g/mol. The first-order valence-electron chi connectivity index (χ1n) is 7.19. The highest BCUT2D eigenvalue weighted by atomic mass is 35.5. The summed E-state index contributed by atoms with van der Waals surface area (Å²) in [5.74, 6) is -0.0259. The predicted molar refractivity (Wildman–Crippen MR) is 95.1 cm³/mol. The highest BCUT2D eigenvalue weighted by Crippen LogP contribution is 2.27. The van der Waals surface area contributed by atoms with Crippen LogP contribution in [0.15, 0.2) is 41.5 Å². The molecule has 2 aromatic carbocycles. The molecule has 0 bridgehead atoms. The highest BCUT2D eigenvalue weighted by Gasteiger charge is 2.06. The molecule has 0 fully saturated rings. The van der Waals surface area contributed by atoms with Gasteiger partial charge in [0.05, 0.1) is 19.9 Å². The van der Waals surface area contributed by atoms with E-state index in [0.29, 0.717) is 16.3 Å². The van der Waals surface area contributed by atoms with Crippen LogP contribution in [-0.2, 0) is 4.79 Å². The molecule has 0 heterocycles. The molecule has 0 saturated carbocycles. The number of carbonyl (C=O) groups is 1. The standard InChI is InChI=1S/C17H18ClN3O3/c1-11-13(18)6-4-7-14(11)19-10-16(22)21-20-9-12-5-3-8-15(24-2)17(12)23/h3-9,19,23H,10H2,1-2H3,(H,21,22)/b20-9-. The summed E-state index contributed by atoms with van der Waals surface area (Å²) in [6, 6.07) is 10.4. The van der Waals surface area contributed by atoms with Crippen LogP contribution in [0.4, 0.5) is 5.69 Å². The zero-order chi connectivity index (χ0) is 17.5. The Morgan fingerprint density at radius 1 is 1.33 bits per heavy atom. The van der Waals surface area contributed by atoms with Gasteiger partial charge in [-0.15, -0.1) is 0 Å². The number of aromatic hydroxyl groups is 1. The number of rotatable bonds is 6. The third kappa shape index (κ3) is 4.39. The van der Waals surface area contributed by atoms with E-state index in [4.69, 9.17) is 16.3 Å². The van der Waals surface area contributed by atoms with Gasteiger partial charge >= 0.3 is 0 Å². The minimum Gasteiger partial charge on any atom is -0.504 e. The fourth-order valence-electron chi connectivity index (χ4n) is 2.00. The van der Waals surface area contributed by atoms with Crippen molar-refractivity contribution in [1.29, 1.82) is 0 Å². The number of hydrogen-bond donors (Lipinski definition) is 3. The number of hydrogen-bond acceptors (Lipinski definition) is 5. The lowest BCUT2D eigenvalue weighted by Gasteiger charge is -2.09. The predicted octanol–water partition coefficient (Wildman–Crippen LogP) is 2.92. The smallest absolute Gasteiger partial charge is 0.259 e. The second-order valence-electron chi connectivity index (χ2n) is 4.96. The molecule has 0 saturated heterocycles. The fraction of sp³-hybridized carbons (Fsp3) is 0.176. The number of phenols is 1. The van der Waals surface area contributed by atoms with Gasteiger partial charge in [0.1, 0.15) is 0 Å². The number of hydrazone groups is 1. The Morgan fingerprint density at radius 2 is 2.08 bits per heavy atom. The van der Waals surface area contributed by atoms with Crippen molar-refractivity contribution in [3.05, 3.63) is 52.5 Å². The van der Waals surface area contributed by atoms with Gasteiger partial charge in [0.2, 0.25) is 0 Å². The van der Waals surface area contributed by atoms with E-state index in [1.54, 1.807) is 30.3 Å². The molecule has 24 heavy (non-hydrogen) atoms. The lowest BCUT2D eigenvalue weighted by Crippen LogP contribution is -2.26. The maximum absolute atomic E-state index is 11.8. The van der Waals surface area contributed by atoms with Crippen molar-refractivity contribution in [2.45, 2.75) is 6.92 Å². The van der Waals surface area contributed by atoms with Crippen LogP contribution in [0.3, 0.4) is 0 Å². The first-order chi connectivity index (χ1) is 11.5. The van der Waals surface area contributed by atoms with Crippen molar-refractivity contribution >= 4 is 29.4 Å². The molecule has 126 valence electrons. The van der Waals surface area contributed by atoms with Crippen LogP contribution in [0.5, 0.6) is 11.5 Å². The zero-order valence-corrected chi connectivity index (χ0v) is 14.1. The molecule has 0 spiro atoms. The molecule has 2 rings (SSSR count). The van der Waals surface area contributed by atoms with Crippen molar-refractivity contribution in [2.24, 2.45) is 5.10 Å². The number of phenolic OH excluding ortho intramolecular Hbond substituents is 1. The first-order valence-corrected chi connectivity index (χ1v) is 7.57. The number of amides is 1. The number of ether oxygens (including phenoxy) is 1. The zero-order valence-electron chi connectivity index (χ0n) is 13.3. The van der Waals surface area contributed by atoms with Gasteiger partial charge in [-0.25, -0.2) is 5.43 Å². The van der Waals surface area contributed by atoms with Crippen LogP contribution in [0.25, 0.3) is 0 Å². The van der Waals surface area contributed by atoms with Gasteiger partial charge in [-0.05, 0) is 36.8 Å².